The Balaban J connectivity index is 2.07. The fraction of sp³-hybridized carbons (Fsp3) is 0.812. The summed E-state index contributed by atoms with van der Waals surface area (Å²) >= 11 is 1.82. The van der Waals surface area contributed by atoms with Gasteiger partial charge in [-0.1, -0.05) is 20.3 Å². The smallest absolute Gasteiger partial charge is 0.185 e. The summed E-state index contributed by atoms with van der Waals surface area (Å²) in [6.07, 6.45) is 4.17. The highest BCUT2D eigenvalue weighted by molar-refractivity contribution is 7.15. The van der Waals surface area contributed by atoms with E-state index in [2.05, 4.69) is 31.0 Å². The van der Waals surface area contributed by atoms with E-state index in [1.165, 1.54) is 24.1 Å². The maximum atomic E-state index is 5.31. The number of nitrogens with one attached hydrogen (secondary N) is 1. The van der Waals surface area contributed by atoms with Crippen LogP contribution in [0.15, 0.2) is 0 Å². The SMILES string of the molecule is CCN(CC1CCC1)c1nc(COC)c(CNC(C)C)s1. The molecule has 0 amide bonds. The van der Waals surface area contributed by atoms with E-state index < -0.39 is 0 Å². The Labute approximate surface area is 132 Å². The quantitative estimate of drug-likeness (QED) is 0.758. The van der Waals surface area contributed by atoms with Gasteiger partial charge in [0.05, 0.1) is 12.3 Å². The Morgan fingerprint density at radius 3 is 2.71 bits per heavy atom. The average Bonchev–Trinajstić information content (AvgIpc) is 2.79. The van der Waals surface area contributed by atoms with Gasteiger partial charge in [0.25, 0.3) is 0 Å². The molecule has 1 aromatic heterocycles. The molecule has 2 rings (SSSR count). The van der Waals surface area contributed by atoms with Gasteiger partial charge in [0, 0.05) is 37.7 Å². The fourth-order valence-electron chi connectivity index (χ4n) is 2.52. The molecule has 120 valence electrons. The van der Waals surface area contributed by atoms with Crippen molar-refractivity contribution >= 4 is 16.5 Å². The lowest BCUT2D eigenvalue weighted by Gasteiger charge is -2.31. The van der Waals surface area contributed by atoms with E-state index in [0.29, 0.717) is 12.6 Å². The van der Waals surface area contributed by atoms with Crippen LogP contribution in [0.5, 0.6) is 0 Å². The van der Waals surface area contributed by atoms with Gasteiger partial charge in [0.15, 0.2) is 5.13 Å². The number of aromatic nitrogens is 1. The van der Waals surface area contributed by atoms with Gasteiger partial charge in [-0.3, -0.25) is 0 Å². The number of anilines is 1. The van der Waals surface area contributed by atoms with Crippen molar-refractivity contribution in [3.63, 3.8) is 0 Å². The van der Waals surface area contributed by atoms with Crippen molar-refractivity contribution in [1.29, 1.82) is 0 Å². The topological polar surface area (TPSA) is 37.4 Å². The zero-order valence-electron chi connectivity index (χ0n) is 13.8. The van der Waals surface area contributed by atoms with Crippen LogP contribution in [0.4, 0.5) is 5.13 Å². The van der Waals surface area contributed by atoms with Gasteiger partial charge in [-0.05, 0) is 25.7 Å². The zero-order valence-corrected chi connectivity index (χ0v) is 14.6. The Bertz CT molecular complexity index is 429. The van der Waals surface area contributed by atoms with Crippen molar-refractivity contribution in [1.82, 2.24) is 10.3 Å². The molecule has 1 aromatic rings. The van der Waals surface area contributed by atoms with Crippen LogP contribution in [-0.2, 0) is 17.9 Å². The zero-order chi connectivity index (χ0) is 15.2. The Morgan fingerprint density at radius 2 is 2.19 bits per heavy atom. The second kappa shape index (κ2) is 8.11. The van der Waals surface area contributed by atoms with Crippen molar-refractivity contribution in [3.8, 4) is 0 Å². The summed E-state index contributed by atoms with van der Waals surface area (Å²) in [5, 5.41) is 4.65. The minimum absolute atomic E-state index is 0.489. The first-order valence-corrected chi connectivity index (χ1v) is 8.91. The third-order valence-corrected chi connectivity index (χ3v) is 5.23. The van der Waals surface area contributed by atoms with Crippen molar-refractivity contribution in [2.24, 2.45) is 5.92 Å². The van der Waals surface area contributed by atoms with Gasteiger partial charge in [-0.15, -0.1) is 11.3 Å². The van der Waals surface area contributed by atoms with Gasteiger partial charge in [0.2, 0.25) is 0 Å². The molecule has 0 unspecified atom stereocenters. The molecule has 1 N–H and O–H groups in total. The van der Waals surface area contributed by atoms with Crippen LogP contribution in [0.2, 0.25) is 0 Å². The molecule has 1 aliphatic rings. The van der Waals surface area contributed by atoms with Crippen molar-refractivity contribution < 1.29 is 4.74 Å². The second-order valence-electron chi connectivity index (χ2n) is 6.17. The molecule has 5 heteroatoms. The number of hydrogen-bond donors (Lipinski definition) is 1. The normalized spacial score (nSPS) is 15.5. The number of thiazole rings is 1. The molecule has 1 saturated carbocycles. The molecular formula is C16H29N3OS. The van der Waals surface area contributed by atoms with Gasteiger partial charge in [-0.25, -0.2) is 4.98 Å². The number of ether oxygens (including phenoxy) is 1. The number of nitrogens with zero attached hydrogens (tertiary/aromatic N) is 2. The van der Waals surface area contributed by atoms with Crippen LogP contribution in [0.1, 0.15) is 50.6 Å². The molecule has 1 aliphatic carbocycles. The predicted octanol–water partition coefficient (Wildman–Crippen LogP) is 3.41. The summed E-state index contributed by atoms with van der Waals surface area (Å²) in [5.74, 6) is 0.872. The minimum Gasteiger partial charge on any atom is -0.378 e. The van der Waals surface area contributed by atoms with Gasteiger partial charge < -0.3 is 15.0 Å². The third kappa shape index (κ3) is 4.66. The average molecular weight is 311 g/mol. The third-order valence-electron chi connectivity index (χ3n) is 4.07. The fourth-order valence-corrected chi connectivity index (χ4v) is 3.61. The first kappa shape index (κ1) is 16.7. The molecule has 0 atom stereocenters. The molecular weight excluding hydrogens is 282 g/mol. The summed E-state index contributed by atoms with van der Waals surface area (Å²) in [4.78, 5) is 8.59. The van der Waals surface area contributed by atoms with E-state index in [4.69, 9.17) is 9.72 Å². The summed E-state index contributed by atoms with van der Waals surface area (Å²) < 4.78 is 5.31. The molecule has 0 spiro atoms. The molecule has 0 bridgehead atoms. The monoisotopic (exact) mass is 311 g/mol. The van der Waals surface area contributed by atoms with Crippen molar-refractivity contribution in [2.45, 2.75) is 59.2 Å². The van der Waals surface area contributed by atoms with Crippen LogP contribution in [0.25, 0.3) is 0 Å². The molecule has 21 heavy (non-hydrogen) atoms. The number of methoxy groups -OCH3 is 1. The minimum atomic E-state index is 0.489. The van der Waals surface area contributed by atoms with Gasteiger partial charge in [-0.2, -0.15) is 0 Å². The first-order valence-electron chi connectivity index (χ1n) is 8.09. The van der Waals surface area contributed by atoms with Crippen LogP contribution < -0.4 is 10.2 Å². The van der Waals surface area contributed by atoms with E-state index >= 15 is 0 Å². The standard InChI is InChI=1S/C16H29N3OS/c1-5-19(10-13-7-6-8-13)16-18-14(11-20-4)15(21-16)9-17-12(2)3/h12-13,17H,5-11H2,1-4H3. The van der Waals surface area contributed by atoms with Crippen molar-refractivity contribution in [2.75, 3.05) is 25.1 Å². The molecule has 0 radical (unpaired) electrons. The highest BCUT2D eigenvalue weighted by Crippen LogP contribution is 2.32. The van der Waals surface area contributed by atoms with Gasteiger partial charge in [0.1, 0.15) is 0 Å². The lowest BCUT2D eigenvalue weighted by molar-refractivity contribution is 0.181. The molecule has 1 heterocycles. The number of rotatable bonds is 9. The van der Waals surface area contributed by atoms with E-state index in [9.17, 15) is 0 Å². The largest absolute Gasteiger partial charge is 0.378 e. The maximum Gasteiger partial charge on any atom is 0.185 e. The van der Waals surface area contributed by atoms with E-state index in [1.54, 1.807) is 7.11 Å². The molecule has 4 nitrogen and oxygen atoms in total. The van der Waals surface area contributed by atoms with E-state index in [-0.39, 0.29) is 0 Å². The van der Waals surface area contributed by atoms with Crippen molar-refractivity contribution in [3.05, 3.63) is 10.6 Å². The lowest BCUT2D eigenvalue weighted by Crippen LogP contribution is -2.32. The number of hydrogen-bond acceptors (Lipinski definition) is 5. The Kier molecular flexibility index (Phi) is 6.45. The first-order chi connectivity index (χ1) is 10.1. The Hall–Kier alpha value is -0.650. The van der Waals surface area contributed by atoms with Crippen LogP contribution in [-0.4, -0.2) is 31.2 Å². The van der Waals surface area contributed by atoms with Crippen LogP contribution in [0.3, 0.4) is 0 Å². The highest BCUT2D eigenvalue weighted by Gasteiger charge is 2.22. The summed E-state index contributed by atoms with van der Waals surface area (Å²) in [6, 6.07) is 0.489. The summed E-state index contributed by atoms with van der Waals surface area (Å²) in [6.45, 7) is 10.3. The van der Waals surface area contributed by atoms with E-state index in [0.717, 1.165) is 36.4 Å². The van der Waals surface area contributed by atoms with Gasteiger partial charge >= 0.3 is 0 Å². The van der Waals surface area contributed by atoms with Crippen LogP contribution in [0, 0.1) is 5.92 Å². The Morgan fingerprint density at radius 1 is 1.43 bits per heavy atom. The summed E-state index contributed by atoms with van der Waals surface area (Å²) in [7, 11) is 1.74. The second-order valence-corrected chi connectivity index (χ2v) is 7.23. The molecule has 0 aliphatic heterocycles. The summed E-state index contributed by atoms with van der Waals surface area (Å²) in [5.41, 5.74) is 1.10. The molecule has 1 fully saturated rings. The molecule has 0 saturated heterocycles. The lowest BCUT2D eigenvalue weighted by atomic mass is 9.85. The maximum absolute atomic E-state index is 5.31. The van der Waals surface area contributed by atoms with Crippen LogP contribution >= 0.6 is 11.3 Å². The van der Waals surface area contributed by atoms with E-state index in [1.807, 2.05) is 11.3 Å². The highest BCUT2D eigenvalue weighted by atomic mass is 32.1. The molecule has 0 aromatic carbocycles. The predicted molar refractivity (Wildman–Crippen MR) is 90.0 cm³/mol.